The lowest BCUT2D eigenvalue weighted by molar-refractivity contribution is -0.137. The Kier molecular flexibility index (Phi) is 2.86. The van der Waals surface area contributed by atoms with Crippen molar-refractivity contribution in [2.45, 2.75) is 6.18 Å². The number of H-pyrrole nitrogens is 1. The summed E-state index contributed by atoms with van der Waals surface area (Å²) in [6.07, 6.45) is -4.46. The third kappa shape index (κ3) is 2.42. The minimum absolute atomic E-state index is 0.0831. The lowest BCUT2D eigenvalue weighted by Crippen LogP contribution is -2.04. The Morgan fingerprint density at radius 3 is 2.52 bits per heavy atom. The largest absolute Gasteiger partial charge is 0.507 e. The van der Waals surface area contributed by atoms with Crippen molar-refractivity contribution in [2.75, 3.05) is 0 Å². The molecule has 0 spiro atoms. The number of halogens is 4. The van der Waals surface area contributed by atoms with Crippen molar-refractivity contribution in [2.24, 2.45) is 0 Å². The van der Waals surface area contributed by atoms with Crippen LogP contribution in [0.4, 0.5) is 17.6 Å². The summed E-state index contributed by atoms with van der Waals surface area (Å²) in [5.74, 6) is -0.702. The molecule has 0 amide bonds. The van der Waals surface area contributed by atoms with Crippen LogP contribution in [0.25, 0.3) is 22.4 Å². The Bertz CT molecular complexity index is 823. The second-order valence-corrected chi connectivity index (χ2v) is 4.48. The molecular formula is C14H8F4N2O. The van der Waals surface area contributed by atoms with E-state index in [1.807, 2.05) is 0 Å². The second kappa shape index (κ2) is 4.47. The van der Waals surface area contributed by atoms with Gasteiger partial charge in [-0.15, -0.1) is 0 Å². The first-order chi connectivity index (χ1) is 9.84. The molecule has 0 saturated carbocycles. The van der Waals surface area contributed by atoms with Crippen LogP contribution in [0.2, 0.25) is 0 Å². The van der Waals surface area contributed by atoms with Crippen molar-refractivity contribution < 1.29 is 22.7 Å². The number of benzene rings is 2. The summed E-state index contributed by atoms with van der Waals surface area (Å²) in [5, 5.41) is 9.69. The van der Waals surface area contributed by atoms with Crippen LogP contribution in [0.15, 0.2) is 36.4 Å². The molecule has 0 saturated heterocycles. The highest BCUT2D eigenvalue weighted by molar-refractivity contribution is 5.81. The van der Waals surface area contributed by atoms with Gasteiger partial charge in [-0.25, -0.2) is 9.37 Å². The number of imidazole rings is 1. The number of alkyl halides is 3. The van der Waals surface area contributed by atoms with Crippen LogP contribution in [-0.2, 0) is 6.18 Å². The van der Waals surface area contributed by atoms with Crippen LogP contribution in [0.5, 0.6) is 5.75 Å². The van der Waals surface area contributed by atoms with Gasteiger partial charge in [0.15, 0.2) is 0 Å². The van der Waals surface area contributed by atoms with Gasteiger partial charge in [-0.3, -0.25) is 0 Å². The van der Waals surface area contributed by atoms with Crippen LogP contribution >= 0.6 is 0 Å². The summed E-state index contributed by atoms with van der Waals surface area (Å²) in [5.41, 5.74) is -0.279. The van der Waals surface area contributed by atoms with Gasteiger partial charge in [-0.05, 0) is 36.4 Å². The highest BCUT2D eigenvalue weighted by Gasteiger charge is 2.30. The second-order valence-electron chi connectivity index (χ2n) is 4.48. The molecule has 7 heteroatoms. The van der Waals surface area contributed by atoms with E-state index in [1.54, 1.807) is 0 Å². The predicted molar refractivity (Wildman–Crippen MR) is 68.2 cm³/mol. The van der Waals surface area contributed by atoms with E-state index in [4.69, 9.17) is 0 Å². The first-order valence-electron chi connectivity index (χ1n) is 5.90. The normalized spacial score (nSPS) is 12.0. The minimum atomic E-state index is -4.46. The molecule has 1 heterocycles. The molecular weight excluding hydrogens is 288 g/mol. The summed E-state index contributed by atoms with van der Waals surface area (Å²) >= 11 is 0. The molecule has 3 aromatic rings. The number of aromatic hydroxyl groups is 1. The molecule has 21 heavy (non-hydrogen) atoms. The maximum atomic E-state index is 13.2. The Hall–Kier alpha value is -2.57. The summed E-state index contributed by atoms with van der Waals surface area (Å²) < 4.78 is 51.1. The molecule has 108 valence electrons. The Morgan fingerprint density at radius 2 is 1.81 bits per heavy atom. The van der Waals surface area contributed by atoms with E-state index in [1.165, 1.54) is 6.07 Å². The standard InChI is InChI=1S/C14H8F4N2O/c15-8-2-4-12(21)9(6-8)13-19-10-3-1-7(14(16,17)18)5-11(10)20-13/h1-6,21H,(H,19,20). The molecule has 0 unspecified atom stereocenters. The van der Waals surface area contributed by atoms with Gasteiger partial charge in [0.1, 0.15) is 17.4 Å². The van der Waals surface area contributed by atoms with Crippen LogP contribution in [-0.4, -0.2) is 15.1 Å². The van der Waals surface area contributed by atoms with E-state index >= 15 is 0 Å². The summed E-state index contributed by atoms with van der Waals surface area (Å²) in [6.45, 7) is 0. The molecule has 0 radical (unpaired) electrons. The minimum Gasteiger partial charge on any atom is -0.507 e. The summed E-state index contributed by atoms with van der Waals surface area (Å²) in [7, 11) is 0. The van der Waals surface area contributed by atoms with Crippen LogP contribution in [0.3, 0.4) is 0 Å². The molecule has 0 atom stereocenters. The number of rotatable bonds is 1. The third-order valence-electron chi connectivity index (χ3n) is 3.02. The van der Waals surface area contributed by atoms with E-state index < -0.39 is 17.6 Å². The molecule has 0 bridgehead atoms. The van der Waals surface area contributed by atoms with Gasteiger partial charge in [-0.1, -0.05) is 0 Å². The molecule has 3 rings (SSSR count). The van der Waals surface area contributed by atoms with Gasteiger partial charge in [0.25, 0.3) is 0 Å². The Morgan fingerprint density at radius 1 is 1.05 bits per heavy atom. The number of nitrogens with zero attached hydrogens (tertiary/aromatic N) is 1. The number of phenols is 1. The fourth-order valence-corrected chi connectivity index (χ4v) is 2.01. The lowest BCUT2D eigenvalue weighted by Gasteiger charge is -2.05. The van der Waals surface area contributed by atoms with Gasteiger partial charge >= 0.3 is 6.18 Å². The molecule has 2 aromatic carbocycles. The fourth-order valence-electron chi connectivity index (χ4n) is 2.01. The fraction of sp³-hybridized carbons (Fsp3) is 0.0714. The summed E-state index contributed by atoms with van der Waals surface area (Å²) in [4.78, 5) is 6.71. The molecule has 1 aromatic heterocycles. The Labute approximate surface area is 115 Å². The van der Waals surface area contributed by atoms with Crippen molar-refractivity contribution in [3.05, 3.63) is 47.8 Å². The van der Waals surface area contributed by atoms with E-state index in [0.29, 0.717) is 5.52 Å². The van der Waals surface area contributed by atoms with Gasteiger partial charge in [0, 0.05) is 0 Å². The average Bonchev–Trinajstić information content (AvgIpc) is 2.83. The molecule has 0 fully saturated rings. The van der Waals surface area contributed by atoms with Crippen LogP contribution in [0, 0.1) is 5.82 Å². The van der Waals surface area contributed by atoms with E-state index in [-0.39, 0.29) is 22.7 Å². The highest BCUT2D eigenvalue weighted by atomic mass is 19.4. The van der Waals surface area contributed by atoms with Gasteiger partial charge in [0.05, 0.1) is 22.2 Å². The number of fused-ring (bicyclic) bond motifs is 1. The predicted octanol–water partition coefficient (Wildman–Crippen LogP) is 4.09. The quantitative estimate of drug-likeness (QED) is 0.664. The first kappa shape index (κ1) is 13.4. The summed E-state index contributed by atoms with van der Waals surface area (Å²) in [6, 6.07) is 6.33. The number of nitrogens with one attached hydrogen (secondary N) is 1. The molecule has 0 aliphatic rings. The zero-order valence-electron chi connectivity index (χ0n) is 10.4. The smallest absolute Gasteiger partial charge is 0.416 e. The molecule has 3 nitrogen and oxygen atoms in total. The number of hydrogen-bond donors (Lipinski definition) is 2. The van der Waals surface area contributed by atoms with Crippen LogP contribution in [0.1, 0.15) is 5.56 Å². The molecule has 0 aliphatic carbocycles. The Balaban J connectivity index is 2.15. The lowest BCUT2D eigenvalue weighted by atomic mass is 10.2. The van der Waals surface area contributed by atoms with Gasteiger partial charge < -0.3 is 10.1 Å². The maximum Gasteiger partial charge on any atom is 0.416 e. The van der Waals surface area contributed by atoms with Gasteiger partial charge in [-0.2, -0.15) is 13.2 Å². The number of aromatic nitrogens is 2. The van der Waals surface area contributed by atoms with E-state index in [9.17, 15) is 22.7 Å². The zero-order chi connectivity index (χ0) is 15.2. The van der Waals surface area contributed by atoms with Crippen molar-refractivity contribution in [1.82, 2.24) is 9.97 Å². The maximum absolute atomic E-state index is 13.2. The van der Waals surface area contributed by atoms with Gasteiger partial charge in [0.2, 0.25) is 0 Å². The van der Waals surface area contributed by atoms with Crippen molar-refractivity contribution in [1.29, 1.82) is 0 Å². The zero-order valence-corrected chi connectivity index (χ0v) is 10.4. The highest BCUT2D eigenvalue weighted by Crippen LogP contribution is 2.33. The first-order valence-corrected chi connectivity index (χ1v) is 5.90. The number of hydrogen-bond acceptors (Lipinski definition) is 2. The van der Waals surface area contributed by atoms with Crippen molar-refractivity contribution in [3.63, 3.8) is 0 Å². The van der Waals surface area contributed by atoms with E-state index in [2.05, 4.69) is 9.97 Å². The molecule has 2 N–H and O–H groups in total. The van der Waals surface area contributed by atoms with E-state index in [0.717, 1.165) is 30.3 Å². The van der Waals surface area contributed by atoms with Crippen molar-refractivity contribution >= 4 is 11.0 Å². The van der Waals surface area contributed by atoms with Crippen LogP contribution < -0.4 is 0 Å². The third-order valence-corrected chi connectivity index (χ3v) is 3.02. The SMILES string of the molecule is Oc1ccc(F)cc1-c1nc2ccc(C(F)(F)F)cc2[nH]1. The monoisotopic (exact) mass is 296 g/mol. The van der Waals surface area contributed by atoms with Crippen molar-refractivity contribution in [3.8, 4) is 17.1 Å². The molecule has 0 aliphatic heterocycles. The topological polar surface area (TPSA) is 48.9 Å². The average molecular weight is 296 g/mol. The number of phenolic OH excluding ortho intramolecular Hbond substituents is 1. The number of aromatic amines is 1.